The Bertz CT molecular complexity index is 1630. The van der Waals surface area contributed by atoms with Crippen molar-refractivity contribution in [3.05, 3.63) is 101 Å². The molecule has 190 valence electrons. The highest BCUT2D eigenvalue weighted by Gasteiger charge is 2.37. The maximum atomic E-state index is 13.4. The number of fused-ring (bicyclic) bond motifs is 1. The van der Waals surface area contributed by atoms with E-state index in [2.05, 4.69) is 10.6 Å². The summed E-state index contributed by atoms with van der Waals surface area (Å²) < 4.78 is 14.9. The van der Waals surface area contributed by atoms with E-state index in [1.807, 2.05) is 38.1 Å². The summed E-state index contributed by atoms with van der Waals surface area (Å²) in [6.45, 7) is 3.64. The van der Waals surface area contributed by atoms with Crippen LogP contribution in [0.1, 0.15) is 16.7 Å². The zero-order valence-electron chi connectivity index (χ0n) is 20.6. The van der Waals surface area contributed by atoms with Crippen LogP contribution >= 0.6 is 0 Å². The predicted octanol–water partition coefficient (Wildman–Crippen LogP) is 4.70. The number of urea groups is 1. The molecular weight excluding hydrogens is 487 g/mol. The van der Waals surface area contributed by atoms with Crippen molar-refractivity contribution >= 4 is 52.1 Å². The average molecular weight is 511 g/mol. The lowest BCUT2D eigenvalue weighted by Gasteiger charge is -2.26. The van der Waals surface area contributed by atoms with E-state index in [4.69, 9.17) is 0 Å². The predicted molar refractivity (Wildman–Crippen MR) is 142 cm³/mol. The topological polar surface area (TPSA) is 101 Å². The Morgan fingerprint density at radius 3 is 2.37 bits per heavy atom. The third-order valence-electron chi connectivity index (χ3n) is 6.13. The largest absolute Gasteiger partial charge is 0.337 e. The SMILES string of the molecule is Cc1cc(C)cc(N2C(=O)NC(=O)/C(=C\c3cn(CC(=O)Nc4ccc(F)cc4)c4ccccc34)C2=O)c1. The molecule has 38 heavy (non-hydrogen) atoms. The number of carbonyl (C=O) groups excluding carboxylic acids is 4. The normalized spacial score (nSPS) is 14.8. The number of nitrogens with one attached hydrogen (secondary N) is 2. The number of rotatable bonds is 5. The van der Waals surface area contributed by atoms with Crippen LogP contribution in [0.3, 0.4) is 0 Å². The van der Waals surface area contributed by atoms with Crippen molar-refractivity contribution in [1.29, 1.82) is 0 Å². The number of aromatic nitrogens is 1. The smallest absolute Gasteiger partial charge is 0.335 e. The first-order valence-electron chi connectivity index (χ1n) is 11.8. The molecule has 2 N–H and O–H groups in total. The molecular formula is C29H23FN4O4. The van der Waals surface area contributed by atoms with Crippen LogP contribution < -0.4 is 15.5 Å². The van der Waals surface area contributed by atoms with E-state index in [0.717, 1.165) is 16.0 Å². The van der Waals surface area contributed by atoms with Crippen LogP contribution in [-0.4, -0.2) is 28.3 Å². The first-order valence-corrected chi connectivity index (χ1v) is 11.8. The van der Waals surface area contributed by atoms with E-state index in [9.17, 15) is 23.6 Å². The number of hydrogen-bond acceptors (Lipinski definition) is 4. The van der Waals surface area contributed by atoms with Gasteiger partial charge in [-0.3, -0.25) is 19.7 Å². The van der Waals surface area contributed by atoms with Crippen LogP contribution in [0.25, 0.3) is 17.0 Å². The molecule has 8 nitrogen and oxygen atoms in total. The summed E-state index contributed by atoms with van der Waals surface area (Å²) in [5.74, 6) is -2.29. The van der Waals surface area contributed by atoms with Crippen molar-refractivity contribution in [2.75, 3.05) is 10.2 Å². The molecule has 4 aromatic rings. The van der Waals surface area contributed by atoms with Gasteiger partial charge in [0.25, 0.3) is 11.8 Å². The second kappa shape index (κ2) is 9.78. The minimum atomic E-state index is -0.818. The van der Waals surface area contributed by atoms with Gasteiger partial charge in [0.05, 0.1) is 5.69 Å². The summed E-state index contributed by atoms with van der Waals surface area (Å²) in [4.78, 5) is 52.4. The summed E-state index contributed by atoms with van der Waals surface area (Å²) in [7, 11) is 0. The van der Waals surface area contributed by atoms with Crippen molar-refractivity contribution in [2.24, 2.45) is 0 Å². The fourth-order valence-corrected chi connectivity index (χ4v) is 4.54. The molecule has 9 heteroatoms. The van der Waals surface area contributed by atoms with E-state index in [1.54, 1.807) is 29.0 Å². The minimum Gasteiger partial charge on any atom is -0.337 e. The van der Waals surface area contributed by atoms with Gasteiger partial charge in [0.1, 0.15) is 17.9 Å². The molecule has 1 aliphatic rings. The van der Waals surface area contributed by atoms with Gasteiger partial charge in [-0.1, -0.05) is 24.3 Å². The summed E-state index contributed by atoms with van der Waals surface area (Å²) >= 11 is 0. The molecule has 1 saturated heterocycles. The van der Waals surface area contributed by atoms with Crippen molar-refractivity contribution in [2.45, 2.75) is 20.4 Å². The standard InChI is InChI=1S/C29H23FN4O4/c1-17-11-18(2)13-22(12-17)34-28(37)24(27(36)32-29(34)38)14-19-15-33(25-6-4-3-5-23(19)25)16-26(35)31-21-9-7-20(30)8-10-21/h3-15H,16H2,1-2H3,(H,31,35)(H,32,36,38)/b24-14+. The number of amides is 5. The van der Waals surface area contributed by atoms with Crippen molar-refractivity contribution in [3.63, 3.8) is 0 Å². The molecule has 5 amide bonds. The first kappa shape index (κ1) is 24.6. The number of imide groups is 2. The van der Waals surface area contributed by atoms with Crippen LogP contribution in [-0.2, 0) is 20.9 Å². The Balaban J connectivity index is 1.49. The lowest BCUT2D eigenvalue weighted by molar-refractivity contribution is -0.122. The number of carbonyl (C=O) groups is 4. The number of anilines is 2. The van der Waals surface area contributed by atoms with Gasteiger partial charge in [-0.2, -0.15) is 0 Å². The van der Waals surface area contributed by atoms with Crippen LogP contribution in [0.2, 0.25) is 0 Å². The Morgan fingerprint density at radius 1 is 0.974 bits per heavy atom. The molecule has 0 atom stereocenters. The zero-order valence-corrected chi connectivity index (χ0v) is 20.6. The summed E-state index contributed by atoms with van der Waals surface area (Å²) in [6.07, 6.45) is 3.09. The van der Waals surface area contributed by atoms with Crippen molar-refractivity contribution in [3.8, 4) is 0 Å². The molecule has 1 aromatic heterocycles. The molecule has 3 aromatic carbocycles. The molecule has 0 bridgehead atoms. The number of halogens is 1. The molecule has 0 radical (unpaired) electrons. The van der Waals surface area contributed by atoms with Gasteiger partial charge in [-0.25, -0.2) is 14.1 Å². The second-order valence-electron chi connectivity index (χ2n) is 9.09. The molecule has 0 aliphatic carbocycles. The van der Waals surface area contributed by atoms with Crippen LogP contribution in [0.15, 0.2) is 78.5 Å². The molecule has 0 spiro atoms. The highest BCUT2D eigenvalue weighted by molar-refractivity contribution is 6.39. The number of aryl methyl sites for hydroxylation is 2. The van der Waals surface area contributed by atoms with Gasteiger partial charge in [-0.05, 0) is 73.5 Å². The summed E-state index contributed by atoms with van der Waals surface area (Å²) in [5.41, 5.74) is 3.58. The van der Waals surface area contributed by atoms with E-state index in [0.29, 0.717) is 27.8 Å². The van der Waals surface area contributed by atoms with Crippen LogP contribution in [0.5, 0.6) is 0 Å². The van der Waals surface area contributed by atoms with Gasteiger partial charge >= 0.3 is 6.03 Å². The fourth-order valence-electron chi connectivity index (χ4n) is 4.54. The van der Waals surface area contributed by atoms with Crippen molar-refractivity contribution in [1.82, 2.24) is 9.88 Å². The van der Waals surface area contributed by atoms with Crippen LogP contribution in [0, 0.1) is 19.7 Å². The number of benzene rings is 3. The highest BCUT2D eigenvalue weighted by atomic mass is 19.1. The number of para-hydroxylation sites is 1. The maximum Gasteiger partial charge on any atom is 0.335 e. The second-order valence-corrected chi connectivity index (χ2v) is 9.09. The first-order chi connectivity index (χ1) is 18.2. The van der Waals surface area contributed by atoms with Crippen LogP contribution in [0.4, 0.5) is 20.6 Å². The highest BCUT2D eigenvalue weighted by Crippen LogP contribution is 2.27. The van der Waals surface area contributed by atoms with E-state index in [-0.39, 0.29) is 18.0 Å². The van der Waals surface area contributed by atoms with Gasteiger partial charge in [0.2, 0.25) is 5.91 Å². The Labute approximate surface area is 217 Å². The molecule has 0 unspecified atom stereocenters. The Kier molecular flexibility index (Phi) is 6.34. The molecule has 0 saturated carbocycles. The third kappa shape index (κ3) is 4.81. The average Bonchev–Trinajstić information content (AvgIpc) is 3.19. The molecule has 5 rings (SSSR count). The fraction of sp³-hybridized carbons (Fsp3) is 0.103. The zero-order chi connectivity index (χ0) is 27.0. The monoisotopic (exact) mass is 510 g/mol. The maximum absolute atomic E-state index is 13.4. The molecule has 1 fully saturated rings. The number of barbiturate groups is 1. The quantitative estimate of drug-likeness (QED) is 0.300. The summed E-state index contributed by atoms with van der Waals surface area (Å²) in [6, 6.07) is 17.2. The minimum absolute atomic E-state index is 0.0611. The Morgan fingerprint density at radius 2 is 1.66 bits per heavy atom. The number of hydrogen-bond donors (Lipinski definition) is 2. The third-order valence-corrected chi connectivity index (χ3v) is 6.13. The van der Waals surface area contributed by atoms with Crippen molar-refractivity contribution < 1.29 is 23.6 Å². The molecule has 1 aliphatic heterocycles. The van der Waals surface area contributed by atoms with Gasteiger partial charge in [-0.15, -0.1) is 0 Å². The van der Waals surface area contributed by atoms with Gasteiger partial charge in [0, 0.05) is 28.4 Å². The number of nitrogens with zero attached hydrogens (tertiary/aromatic N) is 2. The lowest BCUT2D eigenvalue weighted by Crippen LogP contribution is -2.54. The summed E-state index contributed by atoms with van der Waals surface area (Å²) in [5, 5.41) is 5.68. The van der Waals surface area contributed by atoms with E-state index < -0.39 is 23.7 Å². The van der Waals surface area contributed by atoms with E-state index >= 15 is 0 Å². The van der Waals surface area contributed by atoms with Gasteiger partial charge in [0.15, 0.2) is 0 Å². The lowest BCUT2D eigenvalue weighted by atomic mass is 10.0. The van der Waals surface area contributed by atoms with E-state index in [1.165, 1.54) is 30.3 Å². The Hall–Kier alpha value is -5.05. The molecule has 2 heterocycles. The van der Waals surface area contributed by atoms with Gasteiger partial charge < -0.3 is 9.88 Å².